The van der Waals surface area contributed by atoms with Gasteiger partial charge in [0.25, 0.3) is 0 Å². The second kappa shape index (κ2) is 9.71. The minimum atomic E-state index is -3.50. The van der Waals surface area contributed by atoms with Gasteiger partial charge in [0.1, 0.15) is 0 Å². The van der Waals surface area contributed by atoms with Crippen LogP contribution in [0.5, 0.6) is 0 Å². The fraction of sp³-hybridized carbons (Fsp3) is 0.381. The molecule has 0 aliphatic heterocycles. The van der Waals surface area contributed by atoms with E-state index in [2.05, 4.69) is 17.6 Å². The number of amides is 1. The lowest BCUT2D eigenvalue weighted by Crippen LogP contribution is -2.30. The van der Waals surface area contributed by atoms with E-state index < -0.39 is 10.0 Å². The van der Waals surface area contributed by atoms with Gasteiger partial charge >= 0.3 is 0 Å². The Morgan fingerprint density at radius 3 is 2.21 bits per heavy atom. The van der Waals surface area contributed by atoms with Crippen LogP contribution in [0.15, 0.2) is 47.4 Å². The maximum Gasteiger partial charge on any atom is 0.243 e. The van der Waals surface area contributed by atoms with Gasteiger partial charge in [0.15, 0.2) is 0 Å². The van der Waals surface area contributed by atoms with Crippen molar-refractivity contribution < 1.29 is 13.2 Å². The summed E-state index contributed by atoms with van der Waals surface area (Å²) in [5, 5.41) is 6.00. The second-order valence-electron chi connectivity index (χ2n) is 6.48. The summed E-state index contributed by atoms with van der Waals surface area (Å²) < 4.78 is 26.4. The average Bonchev–Trinajstić information content (AvgIpc) is 2.68. The first-order chi connectivity index (χ1) is 13.3. The molecule has 0 bridgehead atoms. The number of anilines is 2. The molecule has 2 N–H and O–H groups in total. The molecule has 0 heterocycles. The van der Waals surface area contributed by atoms with E-state index in [-0.39, 0.29) is 17.3 Å². The molecule has 0 atom stereocenters. The highest BCUT2D eigenvalue weighted by molar-refractivity contribution is 7.89. The molecule has 0 saturated heterocycles. The third-order valence-corrected chi connectivity index (χ3v) is 6.71. The largest absolute Gasteiger partial charge is 0.376 e. The number of hydrogen-bond acceptors (Lipinski definition) is 4. The van der Waals surface area contributed by atoms with Crippen molar-refractivity contribution in [2.75, 3.05) is 30.3 Å². The summed E-state index contributed by atoms with van der Waals surface area (Å²) in [6.45, 7) is 8.67. The van der Waals surface area contributed by atoms with Crippen LogP contribution in [0.25, 0.3) is 0 Å². The number of nitrogens with one attached hydrogen (secondary N) is 2. The van der Waals surface area contributed by atoms with Crippen molar-refractivity contribution in [3.05, 3.63) is 53.6 Å². The SMILES string of the molecule is CCc1cccc(C)c1NCC(=O)Nc1ccc(S(=O)(=O)N(CC)CC)cc1. The molecule has 0 fully saturated rings. The van der Waals surface area contributed by atoms with Crippen molar-refractivity contribution in [1.29, 1.82) is 0 Å². The lowest BCUT2D eigenvalue weighted by atomic mass is 10.1. The highest BCUT2D eigenvalue weighted by atomic mass is 32.2. The molecule has 0 aromatic heterocycles. The van der Waals surface area contributed by atoms with E-state index in [1.807, 2.05) is 25.1 Å². The van der Waals surface area contributed by atoms with E-state index in [0.29, 0.717) is 18.8 Å². The van der Waals surface area contributed by atoms with E-state index in [9.17, 15) is 13.2 Å². The Hall–Kier alpha value is -2.38. The Morgan fingerprint density at radius 2 is 1.64 bits per heavy atom. The normalized spacial score (nSPS) is 11.5. The van der Waals surface area contributed by atoms with E-state index in [4.69, 9.17) is 0 Å². The summed E-state index contributed by atoms with van der Waals surface area (Å²) >= 11 is 0. The zero-order chi connectivity index (χ0) is 20.7. The Labute approximate surface area is 168 Å². The average molecular weight is 404 g/mol. The first-order valence-electron chi connectivity index (χ1n) is 9.55. The topological polar surface area (TPSA) is 78.5 Å². The molecule has 28 heavy (non-hydrogen) atoms. The zero-order valence-corrected chi connectivity index (χ0v) is 17.8. The predicted molar refractivity (Wildman–Crippen MR) is 114 cm³/mol. The molecule has 0 aliphatic rings. The Bertz CT molecular complexity index is 905. The van der Waals surface area contributed by atoms with E-state index in [1.165, 1.54) is 22.0 Å². The lowest BCUT2D eigenvalue weighted by Gasteiger charge is -2.18. The Morgan fingerprint density at radius 1 is 1.00 bits per heavy atom. The summed E-state index contributed by atoms with van der Waals surface area (Å²) in [5.74, 6) is -0.190. The fourth-order valence-electron chi connectivity index (χ4n) is 3.07. The molecule has 6 nitrogen and oxygen atoms in total. The van der Waals surface area contributed by atoms with Gasteiger partial charge in [-0.3, -0.25) is 4.79 Å². The van der Waals surface area contributed by atoms with Crippen molar-refractivity contribution in [2.24, 2.45) is 0 Å². The predicted octanol–water partition coefficient (Wildman–Crippen LogP) is 3.64. The van der Waals surface area contributed by atoms with Crippen LogP contribution >= 0.6 is 0 Å². The van der Waals surface area contributed by atoms with Crippen LogP contribution in [-0.2, 0) is 21.2 Å². The highest BCUT2D eigenvalue weighted by Crippen LogP contribution is 2.21. The Balaban J connectivity index is 2.02. The van der Waals surface area contributed by atoms with E-state index in [1.54, 1.807) is 26.0 Å². The van der Waals surface area contributed by atoms with Crippen LogP contribution < -0.4 is 10.6 Å². The van der Waals surface area contributed by atoms with Gasteiger partial charge < -0.3 is 10.6 Å². The maximum atomic E-state index is 12.5. The molecule has 0 saturated carbocycles. The number of hydrogen-bond donors (Lipinski definition) is 2. The first kappa shape index (κ1) is 21.9. The maximum absolute atomic E-state index is 12.5. The van der Waals surface area contributed by atoms with Gasteiger partial charge in [-0.2, -0.15) is 4.31 Å². The first-order valence-corrected chi connectivity index (χ1v) is 11.0. The van der Waals surface area contributed by atoms with Crippen molar-refractivity contribution in [3.63, 3.8) is 0 Å². The minimum Gasteiger partial charge on any atom is -0.376 e. The van der Waals surface area contributed by atoms with Crippen molar-refractivity contribution in [3.8, 4) is 0 Å². The Kier molecular flexibility index (Phi) is 7.60. The van der Waals surface area contributed by atoms with Gasteiger partial charge in [-0.25, -0.2) is 8.42 Å². The van der Waals surface area contributed by atoms with Gasteiger partial charge in [0.05, 0.1) is 11.4 Å². The van der Waals surface area contributed by atoms with Crippen LogP contribution in [0.2, 0.25) is 0 Å². The molecule has 7 heteroatoms. The standard InChI is InChI=1S/C21H29N3O3S/c1-5-17-10-8-9-16(4)21(17)22-15-20(25)23-18-11-13-19(14-12-18)28(26,27)24(6-2)7-3/h8-14,22H,5-7,15H2,1-4H3,(H,23,25). The van der Waals surface area contributed by atoms with Gasteiger partial charge in [0, 0.05) is 24.5 Å². The highest BCUT2D eigenvalue weighted by Gasteiger charge is 2.21. The van der Waals surface area contributed by atoms with Crippen LogP contribution in [0.3, 0.4) is 0 Å². The van der Waals surface area contributed by atoms with Crippen molar-refractivity contribution in [2.45, 2.75) is 39.0 Å². The summed E-state index contributed by atoms with van der Waals surface area (Å²) in [6, 6.07) is 12.3. The molecule has 2 rings (SSSR count). The quantitative estimate of drug-likeness (QED) is 0.670. The van der Waals surface area contributed by atoms with Crippen LogP contribution in [-0.4, -0.2) is 38.3 Å². The van der Waals surface area contributed by atoms with Crippen molar-refractivity contribution >= 4 is 27.3 Å². The number of carbonyl (C=O) groups is 1. The molecule has 2 aromatic carbocycles. The summed E-state index contributed by atoms with van der Waals surface area (Å²) in [6.07, 6.45) is 0.883. The van der Waals surface area contributed by atoms with Crippen LogP contribution in [0.1, 0.15) is 31.9 Å². The fourth-order valence-corrected chi connectivity index (χ4v) is 4.53. The summed E-state index contributed by atoms with van der Waals surface area (Å²) in [7, 11) is -3.50. The smallest absolute Gasteiger partial charge is 0.243 e. The molecule has 2 aromatic rings. The minimum absolute atomic E-state index is 0.136. The monoisotopic (exact) mass is 403 g/mol. The number of rotatable bonds is 9. The molecular formula is C21H29N3O3S. The van der Waals surface area contributed by atoms with E-state index in [0.717, 1.165) is 17.7 Å². The van der Waals surface area contributed by atoms with Gasteiger partial charge in [-0.15, -0.1) is 0 Å². The molecule has 0 radical (unpaired) electrons. The van der Waals surface area contributed by atoms with Crippen LogP contribution in [0.4, 0.5) is 11.4 Å². The van der Waals surface area contributed by atoms with Gasteiger partial charge in [-0.1, -0.05) is 39.0 Å². The number of aryl methyl sites for hydroxylation is 2. The summed E-state index contributed by atoms with van der Waals surface area (Å²) in [5.41, 5.74) is 3.81. The number of sulfonamides is 1. The molecule has 152 valence electrons. The number of carbonyl (C=O) groups excluding carboxylic acids is 1. The molecule has 0 aliphatic carbocycles. The second-order valence-corrected chi connectivity index (χ2v) is 8.42. The third-order valence-electron chi connectivity index (χ3n) is 4.65. The summed E-state index contributed by atoms with van der Waals surface area (Å²) in [4.78, 5) is 12.5. The third kappa shape index (κ3) is 5.11. The zero-order valence-electron chi connectivity index (χ0n) is 17.0. The molecule has 0 spiro atoms. The number of para-hydroxylation sites is 1. The van der Waals surface area contributed by atoms with Gasteiger partial charge in [0.2, 0.25) is 15.9 Å². The number of nitrogens with zero attached hydrogens (tertiary/aromatic N) is 1. The van der Waals surface area contributed by atoms with Crippen LogP contribution in [0, 0.1) is 6.92 Å². The number of benzene rings is 2. The molecular weight excluding hydrogens is 374 g/mol. The molecule has 0 unspecified atom stereocenters. The van der Waals surface area contributed by atoms with Crippen molar-refractivity contribution in [1.82, 2.24) is 4.31 Å². The molecule has 1 amide bonds. The van der Waals surface area contributed by atoms with Gasteiger partial charge in [-0.05, 0) is 48.7 Å². The van der Waals surface area contributed by atoms with E-state index >= 15 is 0 Å². The lowest BCUT2D eigenvalue weighted by molar-refractivity contribution is -0.114.